The molecule has 1 unspecified atom stereocenters. The molecule has 1 heterocycles. The first-order valence-electron chi connectivity index (χ1n) is 6.89. The number of aliphatic hydroxyl groups is 8. The summed E-state index contributed by atoms with van der Waals surface area (Å²) in [4.78, 5) is 9.94. The van der Waals surface area contributed by atoms with Gasteiger partial charge in [0.25, 0.3) is 0 Å². The van der Waals surface area contributed by atoms with E-state index in [4.69, 9.17) is 40.5 Å². The first-order valence-corrected chi connectivity index (χ1v) is 8.15. The molecular weight excluding hydrogens is 368 g/mol. The van der Waals surface area contributed by atoms with Gasteiger partial charge in [-0.2, -0.15) is 25.3 Å². The summed E-state index contributed by atoms with van der Waals surface area (Å²) in [6, 6.07) is 0. The van der Waals surface area contributed by atoms with E-state index < -0.39 is 55.1 Å². The maximum Gasteiger partial charge on any atom is 0.183 e. The third-order valence-corrected chi connectivity index (χ3v) is 4.02. The summed E-state index contributed by atoms with van der Waals surface area (Å²) in [7, 11) is 0. The van der Waals surface area contributed by atoms with Gasteiger partial charge < -0.3 is 50.4 Å². The molecule has 0 amide bonds. The van der Waals surface area contributed by atoms with Crippen molar-refractivity contribution in [3.63, 3.8) is 0 Å². The van der Waals surface area contributed by atoms with Gasteiger partial charge >= 0.3 is 0 Å². The van der Waals surface area contributed by atoms with Crippen LogP contribution in [0.2, 0.25) is 0 Å². The van der Waals surface area contributed by atoms with Crippen molar-refractivity contribution in [1.82, 2.24) is 0 Å². The van der Waals surface area contributed by atoms with Gasteiger partial charge in [-0.15, -0.1) is 0 Å². The SMILES string of the molecule is O=C[C@H](O)[C@@H](O)[C@H](O)[C@H](O)CS.OC1O[C@H](CS)[C@@H](O)[C@H](O)[C@H]1O. The summed E-state index contributed by atoms with van der Waals surface area (Å²) < 4.78 is 4.75. The van der Waals surface area contributed by atoms with Crippen molar-refractivity contribution >= 4 is 31.5 Å². The van der Waals surface area contributed by atoms with Crippen molar-refractivity contribution in [3.8, 4) is 0 Å². The molecule has 8 N–H and O–H groups in total. The monoisotopic (exact) mass is 392 g/mol. The summed E-state index contributed by atoms with van der Waals surface area (Å²) in [5.41, 5.74) is 0. The average Bonchev–Trinajstić information content (AvgIpc) is 2.60. The topological polar surface area (TPSA) is 188 Å². The third-order valence-electron chi connectivity index (χ3n) is 3.29. The third kappa shape index (κ3) is 6.72. The molecular formula is C12H24O10S2. The van der Waals surface area contributed by atoms with Crippen LogP contribution in [0, 0.1) is 0 Å². The fraction of sp³-hybridized carbons (Fsp3) is 0.917. The van der Waals surface area contributed by atoms with Gasteiger partial charge in [0.15, 0.2) is 12.6 Å². The summed E-state index contributed by atoms with van der Waals surface area (Å²) in [6.07, 6.45) is -12.4. The molecule has 12 heteroatoms. The molecule has 0 aliphatic carbocycles. The molecule has 0 radical (unpaired) electrons. The minimum atomic E-state index is -1.69. The van der Waals surface area contributed by atoms with E-state index in [1.807, 2.05) is 0 Å². The molecule has 1 rings (SSSR count). The van der Waals surface area contributed by atoms with Crippen LogP contribution >= 0.6 is 25.3 Å². The van der Waals surface area contributed by atoms with Crippen LogP contribution in [0.5, 0.6) is 0 Å². The lowest BCUT2D eigenvalue weighted by Crippen LogP contribution is -2.57. The zero-order chi connectivity index (χ0) is 19.0. The quantitative estimate of drug-likeness (QED) is 0.155. The van der Waals surface area contributed by atoms with Gasteiger partial charge in [-0.3, -0.25) is 0 Å². The Kier molecular flexibility index (Phi) is 11.6. The number of hydrogen-bond acceptors (Lipinski definition) is 12. The highest BCUT2D eigenvalue weighted by atomic mass is 32.1. The van der Waals surface area contributed by atoms with E-state index in [-0.39, 0.29) is 17.8 Å². The van der Waals surface area contributed by atoms with Crippen molar-refractivity contribution in [3.05, 3.63) is 0 Å². The summed E-state index contributed by atoms with van der Waals surface area (Å²) in [5.74, 6) is 0.103. The Morgan fingerprint density at radius 1 is 0.917 bits per heavy atom. The van der Waals surface area contributed by atoms with Crippen LogP contribution in [-0.2, 0) is 9.53 Å². The van der Waals surface area contributed by atoms with Crippen LogP contribution in [-0.4, -0.2) is 114 Å². The molecule has 9 atom stereocenters. The number of aldehydes is 1. The van der Waals surface area contributed by atoms with Gasteiger partial charge in [-0.05, 0) is 0 Å². The van der Waals surface area contributed by atoms with Gasteiger partial charge in [-0.1, -0.05) is 0 Å². The minimum Gasteiger partial charge on any atom is -0.389 e. The number of thiol groups is 2. The number of rotatable bonds is 6. The molecule has 10 nitrogen and oxygen atoms in total. The van der Waals surface area contributed by atoms with E-state index in [2.05, 4.69) is 25.3 Å². The average molecular weight is 392 g/mol. The lowest BCUT2D eigenvalue weighted by Gasteiger charge is -2.37. The fourth-order valence-electron chi connectivity index (χ4n) is 1.70. The standard InChI is InChI=1S/2C6H12O5S/c7-3-2(1-12)11-6(10)5(9)4(3)8;7-1-3(8)5(10)6(11)4(9)2-12/h2-10,12H,1H2;1,3-6,8-12H,2H2/t2-,3-,4+,5-,6?;3-,4+,5+,6+/m10/s1. The lowest BCUT2D eigenvalue weighted by atomic mass is 10.0. The second-order valence-electron chi connectivity index (χ2n) is 5.08. The van der Waals surface area contributed by atoms with Crippen LogP contribution in [0.1, 0.15) is 0 Å². The molecule has 0 aromatic heterocycles. The molecule has 1 saturated heterocycles. The molecule has 0 bridgehead atoms. The van der Waals surface area contributed by atoms with Crippen LogP contribution in [0.25, 0.3) is 0 Å². The molecule has 1 aliphatic rings. The maximum atomic E-state index is 9.94. The zero-order valence-electron chi connectivity index (χ0n) is 12.5. The van der Waals surface area contributed by atoms with Gasteiger partial charge in [0.2, 0.25) is 0 Å². The highest BCUT2D eigenvalue weighted by Crippen LogP contribution is 2.20. The Balaban J connectivity index is 0.000000441. The summed E-state index contributed by atoms with van der Waals surface area (Å²) in [5, 5.41) is 72.0. The number of hydrogen-bond donors (Lipinski definition) is 10. The Morgan fingerprint density at radius 3 is 1.88 bits per heavy atom. The smallest absolute Gasteiger partial charge is 0.183 e. The van der Waals surface area contributed by atoms with Gasteiger partial charge in [0, 0.05) is 11.5 Å². The molecule has 0 saturated carbocycles. The van der Waals surface area contributed by atoms with Crippen molar-refractivity contribution in [1.29, 1.82) is 0 Å². The van der Waals surface area contributed by atoms with E-state index >= 15 is 0 Å². The Labute approximate surface area is 149 Å². The Morgan fingerprint density at radius 2 is 1.46 bits per heavy atom. The number of carbonyl (C=O) groups excluding carboxylic acids is 1. The van der Waals surface area contributed by atoms with Crippen LogP contribution in [0.4, 0.5) is 0 Å². The second kappa shape index (κ2) is 11.6. The Bertz CT molecular complexity index is 358. The van der Waals surface area contributed by atoms with Gasteiger partial charge in [0.05, 0.1) is 12.2 Å². The van der Waals surface area contributed by atoms with Crippen molar-refractivity contribution in [2.45, 2.75) is 55.1 Å². The zero-order valence-corrected chi connectivity index (χ0v) is 14.3. The number of carbonyl (C=O) groups is 1. The predicted octanol–water partition coefficient (Wildman–Crippen LogP) is -4.73. The number of aliphatic hydroxyl groups excluding tert-OH is 8. The molecule has 144 valence electrons. The first kappa shape index (κ1) is 24.0. The van der Waals surface area contributed by atoms with Gasteiger partial charge in [-0.25, -0.2) is 0 Å². The largest absolute Gasteiger partial charge is 0.389 e. The van der Waals surface area contributed by atoms with Crippen molar-refractivity contribution in [2.75, 3.05) is 11.5 Å². The first-order chi connectivity index (χ1) is 11.1. The maximum absolute atomic E-state index is 9.94. The van der Waals surface area contributed by atoms with E-state index in [0.717, 1.165) is 0 Å². The van der Waals surface area contributed by atoms with E-state index in [0.29, 0.717) is 0 Å². The molecule has 1 aliphatic heterocycles. The van der Waals surface area contributed by atoms with E-state index in [1.165, 1.54) is 0 Å². The summed E-state index contributed by atoms with van der Waals surface area (Å²) in [6.45, 7) is 0. The molecule has 0 aromatic carbocycles. The van der Waals surface area contributed by atoms with E-state index in [9.17, 15) is 9.90 Å². The minimum absolute atomic E-state index is 0.0657. The lowest BCUT2D eigenvalue weighted by molar-refractivity contribution is -0.276. The van der Waals surface area contributed by atoms with Crippen molar-refractivity contribution in [2.24, 2.45) is 0 Å². The number of ether oxygens (including phenoxy) is 1. The van der Waals surface area contributed by atoms with Gasteiger partial charge in [0.1, 0.15) is 36.6 Å². The second-order valence-corrected chi connectivity index (χ2v) is 5.81. The van der Waals surface area contributed by atoms with E-state index in [1.54, 1.807) is 0 Å². The molecule has 1 fully saturated rings. The van der Waals surface area contributed by atoms with Crippen LogP contribution in [0.3, 0.4) is 0 Å². The highest BCUT2D eigenvalue weighted by Gasteiger charge is 2.42. The predicted molar refractivity (Wildman–Crippen MR) is 86.7 cm³/mol. The fourth-order valence-corrected chi connectivity index (χ4v) is 2.22. The molecule has 24 heavy (non-hydrogen) atoms. The van der Waals surface area contributed by atoms with Crippen molar-refractivity contribution < 1.29 is 50.4 Å². The van der Waals surface area contributed by atoms with Crippen LogP contribution < -0.4 is 0 Å². The normalized spacial score (nSPS) is 35.2. The Hall–Kier alpha value is 0.0100. The highest BCUT2D eigenvalue weighted by molar-refractivity contribution is 7.80. The van der Waals surface area contributed by atoms with Crippen LogP contribution in [0.15, 0.2) is 0 Å². The summed E-state index contributed by atoms with van der Waals surface area (Å²) >= 11 is 7.50. The molecule has 0 aromatic rings. The molecule has 0 spiro atoms.